The number of hydrogen-bond acceptors (Lipinski definition) is 3. The molecule has 0 aromatic carbocycles. The molecule has 1 N–H and O–H groups in total. The molecule has 0 fully saturated rings. The van der Waals surface area contributed by atoms with Crippen LogP contribution in [0, 0.1) is 0 Å². The maximum atomic E-state index is 4.38. The zero-order valence-corrected chi connectivity index (χ0v) is 12.0. The van der Waals surface area contributed by atoms with Crippen molar-refractivity contribution in [3.05, 3.63) is 30.1 Å². The van der Waals surface area contributed by atoms with Gasteiger partial charge >= 0.3 is 0 Å². The number of aromatic nitrogens is 1. The monoisotopic (exact) mass is 249 g/mol. The molecule has 0 atom stereocenters. The molecule has 102 valence electrons. The highest BCUT2D eigenvalue weighted by molar-refractivity contribution is 5.03. The molecule has 18 heavy (non-hydrogen) atoms. The molecular formula is C15H27N3. The normalized spacial score (nSPS) is 11.4. The van der Waals surface area contributed by atoms with Crippen molar-refractivity contribution in [2.24, 2.45) is 0 Å². The zero-order valence-electron chi connectivity index (χ0n) is 12.0. The summed E-state index contributed by atoms with van der Waals surface area (Å²) >= 11 is 0. The predicted octanol–water partition coefficient (Wildman–Crippen LogP) is 2.68. The van der Waals surface area contributed by atoms with Gasteiger partial charge in [-0.15, -0.1) is 0 Å². The van der Waals surface area contributed by atoms with Crippen molar-refractivity contribution in [2.45, 2.75) is 46.2 Å². The smallest absolute Gasteiger partial charge is 0.0543 e. The molecule has 1 aromatic rings. The Morgan fingerprint density at radius 2 is 2.11 bits per heavy atom. The van der Waals surface area contributed by atoms with Gasteiger partial charge in [0.15, 0.2) is 0 Å². The Labute approximate surface area is 112 Å². The van der Waals surface area contributed by atoms with Gasteiger partial charge in [0.25, 0.3) is 0 Å². The number of rotatable bonds is 9. The maximum Gasteiger partial charge on any atom is 0.0543 e. The van der Waals surface area contributed by atoms with E-state index in [0.717, 1.165) is 26.2 Å². The van der Waals surface area contributed by atoms with Crippen LogP contribution in [-0.4, -0.2) is 35.6 Å². The second-order valence-corrected chi connectivity index (χ2v) is 5.01. The van der Waals surface area contributed by atoms with Gasteiger partial charge in [-0.3, -0.25) is 9.88 Å². The summed E-state index contributed by atoms with van der Waals surface area (Å²) in [5, 5.41) is 3.46. The highest BCUT2D eigenvalue weighted by Gasteiger charge is 2.03. The van der Waals surface area contributed by atoms with E-state index in [0.29, 0.717) is 6.04 Å². The fourth-order valence-electron chi connectivity index (χ4n) is 1.92. The third kappa shape index (κ3) is 6.72. The van der Waals surface area contributed by atoms with Gasteiger partial charge in [-0.1, -0.05) is 26.8 Å². The first-order chi connectivity index (χ1) is 8.72. The van der Waals surface area contributed by atoms with Crippen molar-refractivity contribution < 1.29 is 0 Å². The second kappa shape index (κ2) is 9.06. The van der Waals surface area contributed by atoms with Crippen LogP contribution >= 0.6 is 0 Å². The molecule has 1 rings (SSSR count). The van der Waals surface area contributed by atoms with Gasteiger partial charge in [0.05, 0.1) is 5.69 Å². The fraction of sp³-hybridized carbons (Fsp3) is 0.667. The van der Waals surface area contributed by atoms with Crippen molar-refractivity contribution in [1.29, 1.82) is 0 Å². The van der Waals surface area contributed by atoms with E-state index in [1.165, 1.54) is 18.5 Å². The predicted molar refractivity (Wildman–Crippen MR) is 77.6 cm³/mol. The fourth-order valence-corrected chi connectivity index (χ4v) is 1.92. The van der Waals surface area contributed by atoms with Crippen molar-refractivity contribution in [1.82, 2.24) is 15.2 Å². The minimum Gasteiger partial charge on any atom is -0.315 e. The Hall–Kier alpha value is -0.930. The quantitative estimate of drug-likeness (QED) is 0.682. The summed E-state index contributed by atoms with van der Waals surface area (Å²) in [5.74, 6) is 0. The molecule has 0 saturated heterocycles. The number of nitrogens with one attached hydrogen (secondary N) is 1. The molecule has 0 aliphatic rings. The largest absolute Gasteiger partial charge is 0.315 e. The summed E-state index contributed by atoms with van der Waals surface area (Å²) < 4.78 is 0. The second-order valence-electron chi connectivity index (χ2n) is 5.01. The molecule has 0 unspecified atom stereocenters. The molecule has 0 aliphatic carbocycles. The van der Waals surface area contributed by atoms with Gasteiger partial charge in [0, 0.05) is 18.8 Å². The van der Waals surface area contributed by atoms with E-state index in [2.05, 4.69) is 48.1 Å². The molecule has 3 nitrogen and oxygen atoms in total. The van der Waals surface area contributed by atoms with Gasteiger partial charge in [-0.25, -0.2) is 0 Å². The standard InChI is InChI=1S/C15H27N3/c1-4-18(12-8-7-10-16-14(2)3)13-15-9-5-6-11-17-15/h5-6,9,11,14,16H,4,7-8,10,12-13H2,1-3H3. The highest BCUT2D eigenvalue weighted by atomic mass is 15.1. The number of nitrogens with zero attached hydrogens (tertiary/aromatic N) is 2. The van der Waals surface area contributed by atoms with Gasteiger partial charge in [0.2, 0.25) is 0 Å². The highest BCUT2D eigenvalue weighted by Crippen LogP contribution is 2.02. The average Bonchev–Trinajstić information content (AvgIpc) is 2.38. The first-order valence-electron chi connectivity index (χ1n) is 7.08. The van der Waals surface area contributed by atoms with E-state index >= 15 is 0 Å². The summed E-state index contributed by atoms with van der Waals surface area (Å²) in [7, 11) is 0. The summed E-state index contributed by atoms with van der Waals surface area (Å²) in [4.78, 5) is 6.84. The molecule has 3 heteroatoms. The van der Waals surface area contributed by atoms with Gasteiger partial charge < -0.3 is 5.32 Å². The van der Waals surface area contributed by atoms with Crippen LogP contribution in [0.15, 0.2) is 24.4 Å². The topological polar surface area (TPSA) is 28.2 Å². The summed E-state index contributed by atoms with van der Waals surface area (Å²) in [6.45, 7) is 10.9. The van der Waals surface area contributed by atoms with Crippen molar-refractivity contribution >= 4 is 0 Å². The van der Waals surface area contributed by atoms with Crippen LogP contribution < -0.4 is 5.32 Å². The first-order valence-corrected chi connectivity index (χ1v) is 7.08. The van der Waals surface area contributed by atoms with E-state index in [4.69, 9.17) is 0 Å². The molecule has 1 aromatic heterocycles. The minimum absolute atomic E-state index is 0.598. The van der Waals surface area contributed by atoms with Crippen LogP contribution in [0.4, 0.5) is 0 Å². The van der Waals surface area contributed by atoms with Crippen molar-refractivity contribution in [2.75, 3.05) is 19.6 Å². The lowest BCUT2D eigenvalue weighted by atomic mass is 10.2. The van der Waals surface area contributed by atoms with Crippen molar-refractivity contribution in [3.8, 4) is 0 Å². The molecule has 0 spiro atoms. The lowest BCUT2D eigenvalue weighted by Crippen LogP contribution is -2.27. The Kier molecular flexibility index (Phi) is 7.62. The minimum atomic E-state index is 0.598. The van der Waals surface area contributed by atoms with E-state index in [-0.39, 0.29) is 0 Å². The van der Waals surface area contributed by atoms with Crippen LogP contribution in [0.3, 0.4) is 0 Å². The molecule has 1 heterocycles. The van der Waals surface area contributed by atoms with Crippen molar-refractivity contribution in [3.63, 3.8) is 0 Å². The number of pyridine rings is 1. The third-order valence-electron chi connectivity index (χ3n) is 3.01. The Morgan fingerprint density at radius 1 is 1.28 bits per heavy atom. The zero-order chi connectivity index (χ0) is 13.2. The summed E-state index contributed by atoms with van der Waals surface area (Å²) in [6.07, 6.45) is 4.37. The molecule has 0 aliphatic heterocycles. The Bertz CT molecular complexity index is 298. The van der Waals surface area contributed by atoms with Crippen LogP contribution in [-0.2, 0) is 6.54 Å². The molecule has 0 bridgehead atoms. The van der Waals surface area contributed by atoms with Crippen LogP contribution in [0.2, 0.25) is 0 Å². The first kappa shape index (κ1) is 15.1. The van der Waals surface area contributed by atoms with E-state index in [1.807, 2.05) is 12.3 Å². The SMILES string of the molecule is CCN(CCCCNC(C)C)Cc1ccccn1. The Morgan fingerprint density at radius 3 is 2.72 bits per heavy atom. The van der Waals surface area contributed by atoms with Crippen LogP contribution in [0.1, 0.15) is 39.3 Å². The van der Waals surface area contributed by atoms with E-state index in [9.17, 15) is 0 Å². The maximum absolute atomic E-state index is 4.38. The van der Waals surface area contributed by atoms with Gasteiger partial charge in [0.1, 0.15) is 0 Å². The van der Waals surface area contributed by atoms with E-state index < -0.39 is 0 Å². The average molecular weight is 249 g/mol. The molecular weight excluding hydrogens is 222 g/mol. The molecule has 0 saturated carbocycles. The summed E-state index contributed by atoms with van der Waals surface area (Å²) in [5.41, 5.74) is 1.17. The Balaban J connectivity index is 2.18. The van der Waals surface area contributed by atoms with Crippen LogP contribution in [0.5, 0.6) is 0 Å². The molecule has 0 amide bonds. The van der Waals surface area contributed by atoms with Gasteiger partial charge in [-0.2, -0.15) is 0 Å². The van der Waals surface area contributed by atoms with Gasteiger partial charge in [-0.05, 0) is 44.6 Å². The molecule has 0 radical (unpaired) electrons. The number of hydrogen-bond donors (Lipinski definition) is 1. The number of unbranched alkanes of at least 4 members (excludes halogenated alkanes) is 1. The lowest BCUT2D eigenvalue weighted by molar-refractivity contribution is 0.270. The summed E-state index contributed by atoms with van der Waals surface area (Å²) in [6, 6.07) is 6.73. The lowest BCUT2D eigenvalue weighted by Gasteiger charge is -2.20. The van der Waals surface area contributed by atoms with Crippen LogP contribution in [0.25, 0.3) is 0 Å². The van der Waals surface area contributed by atoms with E-state index in [1.54, 1.807) is 0 Å². The third-order valence-corrected chi connectivity index (χ3v) is 3.01.